The quantitative estimate of drug-likeness (QED) is 0.835. The van der Waals surface area contributed by atoms with Crippen molar-refractivity contribution in [3.8, 4) is 0 Å². The molecule has 1 aromatic carbocycles. The molecular weight excluding hydrogens is 272 g/mol. The van der Waals surface area contributed by atoms with Gasteiger partial charge in [0.25, 0.3) is 0 Å². The number of benzene rings is 1. The van der Waals surface area contributed by atoms with Gasteiger partial charge < -0.3 is 9.64 Å². The van der Waals surface area contributed by atoms with E-state index in [1.807, 2.05) is 0 Å². The van der Waals surface area contributed by atoms with Crippen LogP contribution in [0, 0.1) is 0 Å². The summed E-state index contributed by atoms with van der Waals surface area (Å²) in [6.45, 7) is 4.38. The number of rotatable bonds is 2. The Morgan fingerprint density at radius 1 is 1.18 bits per heavy atom. The Morgan fingerprint density at radius 2 is 1.95 bits per heavy atom. The van der Waals surface area contributed by atoms with Crippen LogP contribution in [0.2, 0.25) is 0 Å². The maximum Gasteiger partial charge on any atom is 0.0622 e. The van der Waals surface area contributed by atoms with Crippen molar-refractivity contribution in [2.24, 2.45) is 0 Å². The van der Waals surface area contributed by atoms with Gasteiger partial charge in [-0.05, 0) is 69.4 Å². The Balaban J connectivity index is 1.56. The first-order chi connectivity index (χ1) is 10.7. The molecule has 3 nitrogen and oxygen atoms in total. The number of ether oxygens (including phenoxy) is 1. The van der Waals surface area contributed by atoms with Crippen LogP contribution >= 0.6 is 0 Å². The van der Waals surface area contributed by atoms with Crippen LogP contribution in [0.3, 0.4) is 0 Å². The number of fused-ring (bicyclic) bond motifs is 2. The van der Waals surface area contributed by atoms with Crippen LogP contribution in [0.4, 0.5) is 0 Å². The molecule has 0 N–H and O–H groups in total. The monoisotopic (exact) mass is 300 g/mol. The van der Waals surface area contributed by atoms with Gasteiger partial charge in [0.05, 0.1) is 6.61 Å². The molecule has 3 aliphatic rings. The molecule has 0 amide bonds. The average molecular weight is 300 g/mol. The Kier molecular flexibility index (Phi) is 3.75. The van der Waals surface area contributed by atoms with Gasteiger partial charge in [-0.15, -0.1) is 0 Å². The zero-order chi connectivity index (χ0) is 15.2. The van der Waals surface area contributed by atoms with Crippen LogP contribution in [0.25, 0.3) is 0 Å². The first-order valence-electron chi connectivity index (χ1n) is 8.77. The van der Waals surface area contributed by atoms with Gasteiger partial charge in [-0.3, -0.25) is 4.90 Å². The molecule has 3 heteroatoms. The van der Waals surface area contributed by atoms with Crippen molar-refractivity contribution in [2.75, 3.05) is 40.4 Å². The fourth-order valence-electron chi connectivity index (χ4n) is 4.92. The molecule has 0 unspecified atom stereocenters. The third kappa shape index (κ3) is 2.31. The highest BCUT2D eigenvalue weighted by Gasteiger charge is 2.46. The maximum atomic E-state index is 5.58. The fourth-order valence-corrected chi connectivity index (χ4v) is 4.92. The molecule has 0 radical (unpaired) electrons. The summed E-state index contributed by atoms with van der Waals surface area (Å²) in [7, 11) is 4.46. The molecule has 0 saturated carbocycles. The van der Waals surface area contributed by atoms with E-state index in [2.05, 4.69) is 48.2 Å². The van der Waals surface area contributed by atoms with Gasteiger partial charge >= 0.3 is 0 Å². The second-order valence-electron chi connectivity index (χ2n) is 7.60. The van der Waals surface area contributed by atoms with E-state index in [0.29, 0.717) is 17.5 Å². The molecule has 0 bridgehead atoms. The van der Waals surface area contributed by atoms with Gasteiger partial charge in [0.2, 0.25) is 0 Å². The van der Waals surface area contributed by atoms with Crippen molar-refractivity contribution >= 4 is 0 Å². The minimum atomic E-state index is 0.418. The Hall–Kier alpha value is -0.900. The van der Waals surface area contributed by atoms with Gasteiger partial charge in [0.1, 0.15) is 0 Å². The summed E-state index contributed by atoms with van der Waals surface area (Å²) in [6, 6.07) is 10.5. The summed E-state index contributed by atoms with van der Waals surface area (Å²) in [5.74, 6) is 0. The summed E-state index contributed by atoms with van der Waals surface area (Å²) in [4.78, 5) is 5.09. The summed E-state index contributed by atoms with van der Waals surface area (Å²) < 4.78 is 5.58. The predicted molar refractivity (Wildman–Crippen MR) is 89.2 cm³/mol. The normalized spacial score (nSPS) is 31.0. The first-order valence-corrected chi connectivity index (χ1v) is 8.77. The SMILES string of the molecule is CN(C)[C@@H]1CC2(CCN([C@@H]3CCOC3)CC2)c2ccccc21. The lowest BCUT2D eigenvalue weighted by Crippen LogP contribution is -2.46. The predicted octanol–water partition coefficient (Wildman–Crippen LogP) is 2.82. The van der Waals surface area contributed by atoms with Crippen LogP contribution < -0.4 is 0 Å². The van der Waals surface area contributed by atoms with Crippen molar-refractivity contribution < 1.29 is 4.74 Å². The topological polar surface area (TPSA) is 15.7 Å². The third-order valence-corrected chi connectivity index (χ3v) is 6.28. The van der Waals surface area contributed by atoms with Crippen molar-refractivity contribution in [3.05, 3.63) is 35.4 Å². The van der Waals surface area contributed by atoms with Crippen LogP contribution in [0.1, 0.15) is 42.9 Å². The molecular formula is C19H28N2O. The van der Waals surface area contributed by atoms with E-state index in [1.54, 1.807) is 11.1 Å². The standard InChI is InChI=1S/C19H28N2O/c1-20(2)18-13-19(17-6-4-3-5-16(17)18)8-10-21(11-9-19)15-7-12-22-14-15/h3-6,15,18H,7-14H2,1-2H3/t15-,18-/m1/s1. The lowest BCUT2D eigenvalue weighted by molar-refractivity contribution is 0.0906. The zero-order valence-corrected chi connectivity index (χ0v) is 13.9. The highest BCUT2D eigenvalue weighted by atomic mass is 16.5. The third-order valence-electron chi connectivity index (χ3n) is 6.28. The molecule has 2 saturated heterocycles. The molecule has 2 fully saturated rings. The van der Waals surface area contributed by atoms with Gasteiger partial charge in [-0.1, -0.05) is 24.3 Å². The number of nitrogens with zero attached hydrogens (tertiary/aromatic N) is 2. The molecule has 22 heavy (non-hydrogen) atoms. The number of likely N-dealkylation sites (tertiary alicyclic amines) is 1. The highest BCUT2D eigenvalue weighted by Crippen LogP contribution is 2.52. The Bertz CT molecular complexity index is 528. The average Bonchev–Trinajstić information content (AvgIpc) is 3.16. The Labute approximate surface area is 134 Å². The van der Waals surface area contributed by atoms with Crippen LogP contribution in [-0.4, -0.2) is 56.2 Å². The largest absolute Gasteiger partial charge is 0.380 e. The van der Waals surface area contributed by atoms with E-state index >= 15 is 0 Å². The Morgan fingerprint density at radius 3 is 2.64 bits per heavy atom. The number of hydrogen-bond donors (Lipinski definition) is 0. The maximum absolute atomic E-state index is 5.58. The lowest BCUT2D eigenvalue weighted by Gasteiger charge is -2.42. The molecule has 1 aromatic rings. The number of piperidine rings is 1. The molecule has 2 aliphatic heterocycles. The summed E-state index contributed by atoms with van der Waals surface area (Å²) in [6.07, 6.45) is 5.15. The smallest absolute Gasteiger partial charge is 0.0622 e. The van der Waals surface area contributed by atoms with E-state index in [0.717, 1.165) is 13.2 Å². The number of hydrogen-bond acceptors (Lipinski definition) is 3. The fraction of sp³-hybridized carbons (Fsp3) is 0.684. The van der Waals surface area contributed by atoms with E-state index in [9.17, 15) is 0 Å². The van der Waals surface area contributed by atoms with Gasteiger partial charge in [-0.25, -0.2) is 0 Å². The summed E-state index contributed by atoms with van der Waals surface area (Å²) in [5, 5.41) is 0. The molecule has 1 spiro atoms. The summed E-state index contributed by atoms with van der Waals surface area (Å²) >= 11 is 0. The van der Waals surface area contributed by atoms with Crippen LogP contribution in [-0.2, 0) is 10.2 Å². The second-order valence-corrected chi connectivity index (χ2v) is 7.60. The van der Waals surface area contributed by atoms with Gasteiger partial charge in [0.15, 0.2) is 0 Å². The van der Waals surface area contributed by atoms with Crippen molar-refractivity contribution in [2.45, 2.75) is 43.2 Å². The minimum absolute atomic E-state index is 0.418. The summed E-state index contributed by atoms with van der Waals surface area (Å²) in [5.41, 5.74) is 3.63. The van der Waals surface area contributed by atoms with E-state index in [1.165, 1.54) is 38.8 Å². The van der Waals surface area contributed by atoms with E-state index in [4.69, 9.17) is 4.74 Å². The van der Waals surface area contributed by atoms with Gasteiger partial charge in [-0.2, -0.15) is 0 Å². The van der Waals surface area contributed by atoms with Crippen molar-refractivity contribution in [1.82, 2.24) is 9.80 Å². The highest BCUT2D eigenvalue weighted by molar-refractivity contribution is 5.42. The van der Waals surface area contributed by atoms with E-state index < -0.39 is 0 Å². The molecule has 120 valence electrons. The molecule has 0 aromatic heterocycles. The molecule has 2 atom stereocenters. The molecule has 1 aliphatic carbocycles. The minimum Gasteiger partial charge on any atom is -0.380 e. The van der Waals surface area contributed by atoms with Crippen molar-refractivity contribution in [3.63, 3.8) is 0 Å². The zero-order valence-electron chi connectivity index (χ0n) is 13.9. The van der Waals surface area contributed by atoms with Crippen LogP contribution in [0.5, 0.6) is 0 Å². The first kappa shape index (κ1) is 14.7. The van der Waals surface area contributed by atoms with Gasteiger partial charge in [0, 0.05) is 18.7 Å². The van der Waals surface area contributed by atoms with E-state index in [-0.39, 0.29) is 0 Å². The second kappa shape index (κ2) is 5.63. The molecule has 4 rings (SSSR count). The van der Waals surface area contributed by atoms with Crippen LogP contribution in [0.15, 0.2) is 24.3 Å². The lowest BCUT2D eigenvalue weighted by atomic mass is 9.73. The molecule has 2 heterocycles. The van der Waals surface area contributed by atoms with Crippen molar-refractivity contribution in [1.29, 1.82) is 0 Å².